The lowest BCUT2D eigenvalue weighted by Gasteiger charge is -2.01. The van der Waals surface area contributed by atoms with E-state index in [4.69, 9.17) is 0 Å². The number of aromatic nitrogens is 3. The molecule has 3 N–H and O–H groups in total. The maximum atomic E-state index is 12.1. The molecule has 3 aromatic rings. The number of carbonyl (C=O) groups excluding carboxylic acids is 2. The standard InChI is InChI=1S/C14H12N4O2/c1-8(19)11-6-12(18-17-11)14(20)16-13-7-15-10-5-3-2-4-9(10)13/h2-7,15H,1H3,(H,16,20)(H,17,18). The maximum absolute atomic E-state index is 12.1. The van der Waals surface area contributed by atoms with Crippen LogP contribution in [-0.2, 0) is 0 Å². The molecular weight excluding hydrogens is 256 g/mol. The van der Waals surface area contributed by atoms with Crippen LogP contribution in [0.15, 0.2) is 36.5 Å². The highest BCUT2D eigenvalue weighted by molar-refractivity contribution is 6.08. The molecule has 1 amide bonds. The van der Waals surface area contributed by atoms with E-state index in [1.807, 2.05) is 24.3 Å². The first-order valence-electron chi connectivity index (χ1n) is 6.09. The number of H-pyrrole nitrogens is 2. The topological polar surface area (TPSA) is 90.6 Å². The summed E-state index contributed by atoms with van der Waals surface area (Å²) >= 11 is 0. The number of aromatic amines is 2. The van der Waals surface area contributed by atoms with E-state index in [9.17, 15) is 9.59 Å². The molecule has 6 heteroatoms. The van der Waals surface area contributed by atoms with Crippen LogP contribution >= 0.6 is 0 Å². The number of hydrogen-bond acceptors (Lipinski definition) is 3. The van der Waals surface area contributed by atoms with Gasteiger partial charge < -0.3 is 10.3 Å². The number of nitrogens with zero attached hydrogens (tertiary/aromatic N) is 1. The minimum Gasteiger partial charge on any atom is -0.359 e. The molecule has 0 aliphatic rings. The molecule has 0 unspecified atom stereocenters. The summed E-state index contributed by atoms with van der Waals surface area (Å²) in [6, 6.07) is 9.09. The Bertz CT molecular complexity index is 800. The van der Waals surface area contributed by atoms with Crippen LogP contribution in [0.25, 0.3) is 10.9 Å². The van der Waals surface area contributed by atoms with Crippen molar-refractivity contribution in [3.05, 3.63) is 47.9 Å². The van der Waals surface area contributed by atoms with E-state index in [1.54, 1.807) is 6.20 Å². The van der Waals surface area contributed by atoms with E-state index in [0.717, 1.165) is 10.9 Å². The molecule has 0 saturated heterocycles. The minimum atomic E-state index is -0.338. The molecule has 0 fully saturated rings. The van der Waals surface area contributed by atoms with Gasteiger partial charge in [-0.3, -0.25) is 14.7 Å². The first kappa shape index (κ1) is 12.2. The number of fused-ring (bicyclic) bond motifs is 1. The lowest BCUT2D eigenvalue weighted by Crippen LogP contribution is -2.12. The summed E-state index contributed by atoms with van der Waals surface area (Å²) in [5.74, 6) is -0.526. The number of para-hydroxylation sites is 1. The van der Waals surface area contributed by atoms with Gasteiger partial charge in [0.1, 0.15) is 11.4 Å². The number of ketones is 1. The first-order chi connectivity index (χ1) is 9.65. The van der Waals surface area contributed by atoms with Crippen molar-refractivity contribution >= 4 is 28.3 Å². The highest BCUT2D eigenvalue weighted by Crippen LogP contribution is 2.22. The summed E-state index contributed by atoms with van der Waals surface area (Å²) in [5.41, 5.74) is 2.12. The molecule has 20 heavy (non-hydrogen) atoms. The van der Waals surface area contributed by atoms with Gasteiger partial charge in [0.25, 0.3) is 5.91 Å². The van der Waals surface area contributed by atoms with Gasteiger partial charge in [0.2, 0.25) is 0 Å². The van der Waals surface area contributed by atoms with Gasteiger partial charge in [-0.15, -0.1) is 0 Å². The summed E-state index contributed by atoms with van der Waals surface area (Å²) in [7, 11) is 0. The number of rotatable bonds is 3. The van der Waals surface area contributed by atoms with Crippen molar-refractivity contribution in [1.82, 2.24) is 15.2 Å². The quantitative estimate of drug-likeness (QED) is 0.637. The first-order valence-corrected chi connectivity index (χ1v) is 6.09. The monoisotopic (exact) mass is 268 g/mol. The van der Waals surface area contributed by atoms with Crippen molar-refractivity contribution in [2.75, 3.05) is 5.32 Å². The van der Waals surface area contributed by atoms with Crippen molar-refractivity contribution < 1.29 is 9.59 Å². The van der Waals surface area contributed by atoms with Gasteiger partial charge in [0.05, 0.1) is 5.69 Å². The van der Waals surface area contributed by atoms with Gasteiger partial charge in [0, 0.05) is 24.0 Å². The van der Waals surface area contributed by atoms with Crippen LogP contribution in [0.2, 0.25) is 0 Å². The van der Waals surface area contributed by atoms with Crippen LogP contribution in [0.3, 0.4) is 0 Å². The Balaban J connectivity index is 1.86. The lowest BCUT2D eigenvalue weighted by atomic mass is 10.2. The molecule has 0 saturated carbocycles. The average molecular weight is 268 g/mol. The fourth-order valence-electron chi connectivity index (χ4n) is 1.98. The van der Waals surface area contributed by atoms with Gasteiger partial charge >= 0.3 is 0 Å². The van der Waals surface area contributed by atoms with Crippen LogP contribution in [0, 0.1) is 0 Å². The minimum absolute atomic E-state index is 0.188. The van der Waals surface area contributed by atoms with Crippen LogP contribution < -0.4 is 5.32 Å². The number of carbonyl (C=O) groups is 2. The molecule has 0 radical (unpaired) electrons. The zero-order valence-corrected chi connectivity index (χ0v) is 10.7. The second-order valence-corrected chi connectivity index (χ2v) is 4.43. The fraction of sp³-hybridized carbons (Fsp3) is 0.0714. The smallest absolute Gasteiger partial charge is 0.273 e. The third-order valence-corrected chi connectivity index (χ3v) is 3.02. The van der Waals surface area contributed by atoms with Gasteiger partial charge in [-0.25, -0.2) is 0 Å². The molecule has 0 aliphatic carbocycles. The predicted molar refractivity (Wildman–Crippen MR) is 74.8 cm³/mol. The Morgan fingerprint density at radius 2 is 2.05 bits per heavy atom. The number of anilines is 1. The van der Waals surface area contributed by atoms with Crippen molar-refractivity contribution in [1.29, 1.82) is 0 Å². The molecule has 2 heterocycles. The van der Waals surface area contributed by atoms with Crippen molar-refractivity contribution in [2.45, 2.75) is 6.92 Å². The van der Waals surface area contributed by atoms with E-state index < -0.39 is 0 Å². The van der Waals surface area contributed by atoms with Gasteiger partial charge in [-0.05, 0) is 12.1 Å². The molecule has 1 aromatic carbocycles. The number of hydrogen-bond donors (Lipinski definition) is 3. The van der Waals surface area contributed by atoms with Gasteiger partial charge in [-0.2, -0.15) is 5.10 Å². The maximum Gasteiger partial charge on any atom is 0.273 e. The van der Waals surface area contributed by atoms with Crippen molar-refractivity contribution in [2.24, 2.45) is 0 Å². The molecule has 3 rings (SSSR count). The second-order valence-electron chi connectivity index (χ2n) is 4.43. The van der Waals surface area contributed by atoms with E-state index in [1.165, 1.54) is 13.0 Å². The average Bonchev–Trinajstić information content (AvgIpc) is 3.06. The molecule has 0 bridgehead atoms. The van der Waals surface area contributed by atoms with E-state index in [2.05, 4.69) is 20.5 Å². The Kier molecular flexibility index (Phi) is 2.83. The summed E-state index contributed by atoms with van der Waals surface area (Å²) < 4.78 is 0. The van der Waals surface area contributed by atoms with E-state index in [0.29, 0.717) is 5.69 Å². The molecule has 0 atom stereocenters. The lowest BCUT2D eigenvalue weighted by molar-refractivity contribution is 0.101. The Hall–Kier alpha value is -2.89. The SMILES string of the molecule is CC(=O)c1cc(C(=O)Nc2c[nH]c3ccccc23)[nH]n1. The summed E-state index contributed by atoms with van der Waals surface area (Å²) in [6.45, 7) is 1.40. The fourth-order valence-corrected chi connectivity index (χ4v) is 1.98. The molecule has 100 valence electrons. The Labute approximate surface area is 114 Å². The third kappa shape index (κ3) is 2.07. The van der Waals surface area contributed by atoms with Gasteiger partial charge in [-0.1, -0.05) is 18.2 Å². The van der Waals surface area contributed by atoms with E-state index >= 15 is 0 Å². The highest BCUT2D eigenvalue weighted by atomic mass is 16.2. The Morgan fingerprint density at radius 1 is 1.25 bits per heavy atom. The molecule has 0 aliphatic heterocycles. The van der Waals surface area contributed by atoms with Crippen molar-refractivity contribution in [3.8, 4) is 0 Å². The number of benzene rings is 1. The van der Waals surface area contributed by atoms with Crippen LogP contribution in [0.5, 0.6) is 0 Å². The largest absolute Gasteiger partial charge is 0.359 e. The third-order valence-electron chi connectivity index (χ3n) is 3.02. The molecular formula is C14H12N4O2. The molecule has 6 nitrogen and oxygen atoms in total. The van der Waals surface area contributed by atoms with Crippen LogP contribution in [0.1, 0.15) is 27.9 Å². The molecule has 2 aromatic heterocycles. The van der Waals surface area contributed by atoms with E-state index in [-0.39, 0.29) is 23.1 Å². The number of amides is 1. The summed E-state index contributed by atoms with van der Waals surface area (Å²) in [5, 5.41) is 10.0. The van der Waals surface area contributed by atoms with Crippen molar-refractivity contribution in [3.63, 3.8) is 0 Å². The summed E-state index contributed by atoms with van der Waals surface area (Å²) in [6.07, 6.45) is 1.73. The predicted octanol–water partition coefficient (Wildman–Crippen LogP) is 2.35. The second kappa shape index (κ2) is 4.65. The summed E-state index contributed by atoms with van der Waals surface area (Å²) in [4.78, 5) is 26.3. The van der Waals surface area contributed by atoms with Crippen LogP contribution in [0.4, 0.5) is 5.69 Å². The normalized spacial score (nSPS) is 10.7. The zero-order chi connectivity index (χ0) is 14.1. The number of Topliss-reactive ketones (excluding diaryl/α,β-unsaturated/α-hetero) is 1. The Morgan fingerprint density at radius 3 is 2.80 bits per heavy atom. The number of nitrogens with one attached hydrogen (secondary N) is 3. The highest BCUT2D eigenvalue weighted by Gasteiger charge is 2.13. The van der Waals surface area contributed by atoms with Gasteiger partial charge in [0.15, 0.2) is 5.78 Å². The van der Waals surface area contributed by atoms with Crippen LogP contribution in [-0.4, -0.2) is 26.9 Å². The zero-order valence-electron chi connectivity index (χ0n) is 10.7. The molecule has 0 spiro atoms.